The van der Waals surface area contributed by atoms with Crippen molar-refractivity contribution in [2.45, 2.75) is 39.8 Å². The fourth-order valence-electron chi connectivity index (χ4n) is 1.62. The summed E-state index contributed by atoms with van der Waals surface area (Å²) in [6.07, 6.45) is 1.40. The molecule has 0 spiro atoms. The largest absolute Gasteiger partial charge is 0.490 e. The lowest BCUT2D eigenvalue weighted by Crippen LogP contribution is -2.14. The van der Waals surface area contributed by atoms with Gasteiger partial charge >= 0.3 is 0 Å². The topological polar surface area (TPSA) is 30.5 Å². The van der Waals surface area contributed by atoms with Gasteiger partial charge in [0, 0.05) is 6.54 Å². The Balaban J connectivity index is 2.39. The first kappa shape index (κ1) is 16.5. The molecule has 1 N–H and O–H groups in total. The first-order valence-electron chi connectivity index (χ1n) is 6.87. The van der Waals surface area contributed by atoms with Gasteiger partial charge < -0.3 is 14.8 Å². The highest BCUT2D eigenvalue weighted by molar-refractivity contribution is 9.10. The molecule has 0 radical (unpaired) electrons. The number of benzene rings is 1. The van der Waals surface area contributed by atoms with Gasteiger partial charge in [-0.05, 0) is 60.4 Å². The molecule has 0 saturated carbocycles. The van der Waals surface area contributed by atoms with Crippen LogP contribution in [0.15, 0.2) is 22.7 Å². The summed E-state index contributed by atoms with van der Waals surface area (Å²) in [4.78, 5) is 0. The Kier molecular flexibility index (Phi) is 8.10. The summed E-state index contributed by atoms with van der Waals surface area (Å²) in [6, 6.07) is 6.19. The normalized spacial score (nSPS) is 11.0. The predicted molar refractivity (Wildman–Crippen MR) is 82.7 cm³/mol. The second-order valence-electron chi connectivity index (χ2n) is 4.71. The Morgan fingerprint density at radius 2 is 2.05 bits per heavy atom. The van der Waals surface area contributed by atoms with Gasteiger partial charge in [-0.25, -0.2) is 0 Å². The molecule has 1 aromatic rings. The fourth-order valence-corrected chi connectivity index (χ4v) is 2.16. The van der Waals surface area contributed by atoms with Crippen LogP contribution in [0.5, 0.6) is 5.75 Å². The van der Waals surface area contributed by atoms with Crippen molar-refractivity contribution in [1.82, 2.24) is 5.32 Å². The molecule has 0 atom stereocenters. The zero-order valence-corrected chi connectivity index (χ0v) is 13.6. The molecule has 0 saturated heterocycles. The molecule has 1 aromatic carbocycles. The van der Waals surface area contributed by atoms with Crippen molar-refractivity contribution >= 4 is 15.9 Å². The highest BCUT2D eigenvalue weighted by atomic mass is 79.9. The average molecular weight is 330 g/mol. The van der Waals surface area contributed by atoms with Gasteiger partial charge in [0.15, 0.2) is 0 Å². The van der Waals surface area contributed by atoms with E-state index in [4.69, 9.17) is 9.47 Å². The van der Waals surface area contributed by atoms with Crippen LogP contribution in [-0.2, 0) is 11.3 Å². The van der Waals surface area contributed by atoms with Crippen LogP contribution >= 0.6 is 15.9 Å². The summed E-state index contributed by atoms with van der Waals surface area (Å²) in [5.41, 5.74) is 1.26. The SMILES string of the molecule is CCCNCc1ccc(OCCOC(C)C)c(Br)c1. The monoisotopic (exact) mass is 329 g/mol. The van der Waals surface area contributed by atoms with Crippen LogP contribution in [-0.4, -0.2) is 25.9 Å². The molecule has 0 bridgehead atoms. The number of halogens is 1. The summed E-state index contributed by atoms with van der Waals surface area (Å²) >= 11 is 3.54. The lowest BCUT2D eigenvalue weighted by molar-refractivity contribution is 0.0551. The first-order valence-corrected chi connectivity index (χ1v) is 7.66. The van der Waals surface area contributed by atoms with E-state index in [0.29, 0.717) is 13.2 Å². The highest BCUT2D eigenvalue weighted by Gasteiger charge is 2.03. The van der Waals surface area contributed by atoms with E-state index in [1.807, 2.05) is 19.9 Å². The van der Waals surface area contributed by atoms with Gasteiger partial charge in [0.2, 0.25) is 0 Å². The van der Waals surface area contributed by atoms with Crippen LogP contribution in [0.3, 0.4) is 0 Å². The van der Waals surface area contributed by atoms with Gasteiger partial charge in [-0.2, -0.15) is 0 Å². The predicted octanol–water partition coefficient (Wildman–Crippen LogP) is 3.75. The van der Waals surface area contributed by atoms with E-state index >= 15 is 0 Å². The third-order valence-electron chi connectivity index (χ3n) is 2.54. The zero-order chi connectivity index (χ0) is 14.1. The van der Waals surface area contributed by atoms with E-state index in [-0.39, 0.29) is 6.10 Å². The van der Waals surface area contributed by atoms with Gasteiger partial charge in [0.25, 0.3) is 0 Å². The molecular weight excluding hydrogens is 306 g/mol. The minimum absolute atomic E-state index is 0.249. The lowest BCUT2D eigenvalue weighted by Gasteiger charge is -2.11. The third kappa shape index (κ3) is 6.95. The quantitative estimate of drug-likeness (QED) is 0.700. The average Bonchev–Trinajstić information content (AvgIpc) is 2.36. The van der Waals surface area contributed by atoms with Crippen molar-refractivity contribution in [3.05, 3.63) is 28.2 Å². The maximum atomic E-state index is 5.68. The summed E-state index contributed by atoms with van der Waals surface area (Å²) in [7, 11) is 0. The van der Waals surface area contributed by atoms with Crippen LogP contribution < -0.4 is 10.1 Å². The molecule has 0 unspecified atom stereocenters. The number of hydrogen-bond acceptors (Lipinski definition) is 3. The third-order valence-corrected chi connectivity index (χ3v) is 3.16. The molecule has 0 fully saturated rings. The first-order chi connectivity index (χ1) is 9.13. The summed E-state index contributed by atoms with van der Waals surface area (Å²) in [5.74, 6) is 0.867. The Morgan fingerprint density at radius 3 is 2.68 bits per heavy atom. The second-order valence-corrected chi connectivity index (χ2v) is 5.56. The standard InChI is InChI=1S/C15H24BrNO2/c1-4-7-17-11-13-5-6-15(14(16)10-13)19-9-8-18-12(2)3/h5-6,10,12,17H,4,7-9,11H2,1-3H3. The van der Waals surface area contributed by atoms with Crippen LogP contribution in [0.4, 0.5) is 0 Å². The molecule has 4 heteroatoms. The number of ether oxygens (including phenoxy) is 2. The molecule has 0 aliphatic rings. The number of nitrogens with one attached hydrogen (secondary N) is 1. The van der Waals surface area contributed by atoms with Gasteiger partial charge in [0.1, 0.15) is 12.4 Å². The maximum absolute atomic E-state index is 5.68. The zero-order valence-electron chi connectivity index (χ0n) is 12.0. The lowest BCUT2D eigenvalue weighted by atomic mass is 10.2. The van der Waals surface area contributed by atoms with E-state index < -0.39 is 0 Å². The Morgan fingerprint density at radius 1 is 1.26 bits per heavy atom. The van der Waals surface area contributed by atoms with Crippen molar-refractivity contribution in [1.29, 1.82) is 0 Å². The fraction of sp³-hybridized carbons (Fsp3) is 0.600. The van der Waals surface area contributed by atoms with Gasteiger partial charge in [0.05, 0.1) is 17.2 Å². The van der Waals surface area contributed by atoms with Crippen molar-refractivity contribution in [2.75, 3.05) is 19.8 Å². The molecular formula is C15H24BrNO2. The van der Waals surface area contributed by atoms with Crippen molar-refractivity contribution in [3.8, 4) is 5.75 Å². The Labute approximate surface area is 124 Å². The van der Waals surface area contributed by atoms with E-state index in [1.165, 1.54) is 5.56 Å². The molecule has 3 nitrogen and oxygen atoms in total. The smallest absolute Gasteiger partial charge is 0.133 e. The molecule has 1 rings (SSSR count). The minimum Gasteiger partial charge on any atom is -0.490 e. The summed E-state index contributed by atoms with van der Waals surface area (Å²) < 4.78 is 12.1. The van der Waals surface area contributed by atoms with Crippen LogP contribution in [0.25, 0.3) is 0 Å². The summed E-state index contributed by atoms with van der Waals surface area (Å²) in [5, 5.41) is 3.38. The molecule has 19 heavy (non-hydrogen) atoms. The van der Waals surface area contributed by atoms with E-state index in [2.05, 4.69) is 40.3 Å². The van der Waals surface area contributed by atoms with Crippen LogP contribution in [0, 0.1) is 0 Å². The highest BCUT2D eigenvalue weighted by Crippen LogP contribution is 2.26. The Bertz CT molecular complexity index is 369. The van der Waals surface area contributed by atoms with Crippen molar-refractivity contribution in [2.24, 2.45) is 0 Å². The maximum Gasteiger partial charge on any atom is 0.133 e. The Hall–Kier alpha value is -0.580. The molecule has 0 aliphatic carbocycles. The van der Waals surface area contributed by atoms with Gasteiger partial charge in [-0.1, -0.05) is 13.0 Å². The van der Waals surface area contributed by atoms with Gasteiger partial charge in [-0.3, -0.25) is 0 Å². The van der Waals surface area contributed by atoms with Crippen molar-refractivity contribution < 1.29 is 9.47 Å². The molecule has 0 heterocycles. The summed E-state index contributed by atoms with van der Waals surface area (Å²) in [6.45, 7) is 9.33. The molecule has 0 aromatic heterocycles. The minimum atomic E-state index is 0.249. The second kappa shape index (κ2) is 9.34. The van der Waals surface area contributed by atoms with Crippen LogP contribution in [0.2, 0.25) is 0 Å². The van der Waals surface area contributed by atoms with E-state index in [1.54, 1.807) is 0 Å². The van der Waals surface area contributed by atoms with Crippen LogP contribution in [0.1, 0.15) is 32.8 Å². The van der Waals surface area contributed by atoms with E-state index in [9.17, 15) is 0 Å². The molecule has 0 amide bonds. The molecule has 108 valence electrons. The van der Waals surface area contributed by atoms with E-state index in [0.717, 1.165) is 29.7 Å². The van der Waals surface area contributed by atoms with Crippen molar-refractivity contribution in [3.63, 3.8) is 0 Å². The number of hydrogen-bond donors (Lipinski definition) is 1. The number of rotatable bonds is 9. The van der Waals surface area contributed by atoms with Gasteiger partial charge in [-0.15, -0.1) is 0 Å². The molecule has 0 aliphatic heterocycles.